The van der Waals surface area contributed by atoms with Crippen LogP contribution in [0.2, 0.25) is 0 Å². The van der Waals surface area contributed by atoms with Crippen molar-refractivity contribution in [3.05, 3.63) is 35.1 Å². The maximum absolute atomic E-state index is 12.9. The molecule has 1 aromatic rings. The van der Waals surface area contributed by atoms with Crippen LogP contribution in [0.15, 0.2) is 18.2 Å². The number of halogens is 1. The SMILES string of the molecule is Fc1ccc2c(c1)C1CNC2C1. The number of nitrogens with one attached hydrogen (secondary N) is 1. The van der Waals surface area contributed by atoms with Gasteiger partial charge < -0.3 is 5.32 Å². The van der Waals surface area contributed by atoms with Gasteiger partial charge in [0.2, 0.25) is 0 Å². The van der Waals surface area contributed by atoms with Crippen LogP contribution in [0.5, 0.6) is 0 Å². The molecular weight excluding hydrogens is 153 g/mol. The lowest BCUT2D eigenvalue weighted by atomic mass is 10.0. The van der Waals surface area contributed by atoms with Gasteiger partial charge in [0, 0.05) is 12.6 Å². The van der Waals surface area contributed by atoms with Gasteiger partial charge in [0.15, 0.2) is 0 Å². The van der Waals surface area contributed by atoms with E-state index in [1.54, 1.807) is 12.1 Å². The molecular formula is C10H10FN. The largest absolute Gasteiger partial charge is 0.309 e. The predicted octanol–water partition coefficient (Wildman–Crippen LogP) is 1.96. The minimum Gasteiger partial charge on any atom is -0.309 e. The average Bonchev–Trinajstić information content (AvgIpc) is 2.63. The Kier molecular flexibility index (Phi) is 1.14. The highest BCUT2D eigenvalue weighted by Crippen LogP contribution is 2.44. The van der Waals surface area contributed by atoms with Crippen molar-refractivity contribution >= 4 is 0 Å². The molecule has 1 aliphatic heterocycles. The monoisotopic (exact) mass is 163 g/mol. The van der Waals surface area contributed by atoms with Crippen LogP contribution in [-0.4, -0.2) is 6.54 Å². The number of fused-ring (bicyclic) bond motifs is 5. The van der Waals surface area contributed by atoms with Gasteiger partial charge in [-0.3, -0.25) is 0 Å². The summed E-state index contributed by atoms with van der Waals surface area (Å²) in [4.78, 5) is 0. The van der Waals surface area contributed by atoms with Gasteiger partial charge in [-0.2, -0.15) is 0 Å². The zero-order chi connectivity index (χ0) is 8.13. The Labute approximate surface area is 70.6 Å². The predicted molar refractivity (Wildman–Crippen MR) is 44.5 cm³/mol. The maximum atomic E-state index is 12.9. The quantitative estimate of drug-likeness (QED) is 0.616. The van der Waals surface area contributed by atoms with Crippen LogP contribution in [0.25, 0.3) is 0 Å². The van der Waals surface area contributed by atoms with Crippen molar-refractivity contribution in [2.75, 3.05) is 6.54 Å². The molecule has 0 radical (unpaired) electrons. The summed E-state index contributed by atoms with van der Waals surface area (Å²) in [5.41, 5.74) is 2.55. The van der Waals surface area contributed by atoms with E-state index in [2.05, 4.69) is 5.32 Å². The van der Waals surface area contributed by atoms with Crippen LogP contribution in [0, 0.1) is 5.82 Å². The molecule has 2 heteroatoms. The fourth-order valence-electron chi connectivity index (χ4n) is 2.43. The standard InChI is InChI=1S/C10H10FN/c11-7-1-2-8-9(4-7)6-3-10(8)12-5-6/h1-2,4,6,10,12H,3,5H2. The number of benzene rings is 1. The molecule has 12 heavy (non-hydrogen) atoms. The maximum Gasteiger partial charge on any atom is 0.123 e. The molecule has 2 aliphatic rings. The van der Waals surface area contributed by atoms with Crippen LogP contribution < -0.4 is 5.32 Å². The zero-order valence-corrected chi connectivity index (χ0v) is 6.68. The minimum absolute atomic E-state index is 0.0960. The fraction of sp³-hybridized carbons (Fsp3) is 0.400. The molecule has 1 N–H and O–H groups in total. The van der Waals surface area contributed by atoms with Gasteiger partial charge in [-0.05, 0) is 35.6 Å². The van der Waals surface area contributed by atoms with Gasteiger partial charge in [0.05, 0.1) is 0 Å². The van der Waals surface area contributed by atoms with Crippen molar-refractivity contribution < 1.29 is 4.39 Å². The van der Waals surface area contributed by atoms with Gasteiger partial charge >= 0.3 is 0 Å². The van der Waals surface area contributed by atoms with Crippen LogP contribution in [0.1, 0.15) is 29.5 Å². The first-order valence-electron chi connectivity index (χ1n) is 4.37. The summed E-state index contributed by atoms with van der Waals surface area (Å²) < 4.78 is 12.9. The van der Waals surface area contributed by atoms with Gasteiger partial charge in [0.25, 0.3) is 0 Å². The van der Waals surface area contributed by atoms with E-state index < -0.39 is 0 Å². The summed E-state index contributed by atoms with van der Waals surface area (Å²) in [6.45, 7) is 1.03. The summed E-state index contributed by atoms with van der Waals surface area (Å²) in [7, 11) is 0. The molecule has 1 nitrogen and oxygen atoms in total. The second kappa shape index (κ2) is 2.07. The lowest BCUT2D eigenvalue weighted by molar-refractivity contribution is 0.613. The number of hydrogen-bond donors (Lipinski definition) is 1. The van der Waals surface area contributed by atoms with Crippen LogP contribution in [0.4, 0.5) is 4.39 Å². The summed E-state index contributed by atoms with van der Waals surface area (Å²) in [6, 6.07) is 5.68. The molecule has 0 aromatic heterocycles. The van der Waals surface area contributed by atoms with Gasteiger partial charge in [-0.25, -0.2) is 4.39 Å². The second-order valence-corrected chi connectivity index (χ2v) is 3.67. The Morgan fingerprint density at radius 3 is 3.17 bits per heavy atom. The number of rotatable bonds is 0. The van der Waals surface area contributed by atoms with E-state index in [9.17, 15) is 4.39 Å². The average molecular weight is 163 g/mol. The summed E-state index contributed by atoms with van der Waals surface area (Å²) in [5.74, 6) is 0.474. The molecule has 0 amide bonds. The lowest BCUT2D eigenvalue weighted by Crippen LogP contribution is -2.19. The summed E-state index contributed by atoms with van der Waals surface area (Å²) in [6.07, 6.45) is 1.17. The van der Waals surface area contributed by atoms with Gasteiger partial charge in [-0.15, -0.1) is 0 Å². The van der Waals surface area contributed by atoms with Crippen molar-refractivity contribution in [1.29, 1.82) is 0 Å². The third-order valence-corrected chi connectivity index (χ3v) is 2.99. The van der Waals surface area contributed by atoms with E-state index in [-0.39, 0.29) is 5.82 Å². The Balaban J connectivity index is 2.20. The van der Waals surface area contributed by atoms with Crippen LogP contribution >= 0.6 is 0 Å². The van der Waals surface area contributed by atoms with Crippen molar-refractivity contribution in [2.24, 2.45) is 0 Å². The highest BCUT2D eigenvalue weighted by atomic mass is 19.1. The highest BCUT2D eigenvalue weighted by molar-refractivity contribution is 5.41. The Bertz CT molecular complexity index is 335. The third kappa shape index (κ3) is 0.707. The lowest BCUT2D eigenvalue weighted by Gasteiger charge is -2.15. The van der Waals surface area contributed by atoms with E-state index in [1.165, 1.54) is 17.5 Å². The Hall–Kier alpha value is -0.890. The topological polar surface area (TPSA) is 12.0 Å². The van der Waals surface area contributed by atoms with Crippen LogP contribution in [0.3, 0.4) is 0 Å². The Morgan fingerprint density at radius 1 is 1.33 bits per heavy atom. The molecule has 62 valence electrons. The third-order valence-electron chi connectivity index (χ3n) is 2.99. The van der Waals surface area contributed by atoms with Crippen molar-refractivity contribution in [1.82, 2.24) is 5.32 Å². The molecule has 2 bridgehead atoms. The smallest absolute Gasteiger partial charge is 0.123 e. The van der Waals surface area contributed by atoms with Crippen molar-refractivity contribution in [3.8, 4) is 0 Å². The minimum atomic E-state index is -0.0960. The van der Waals surface area contributed by atoms with E-state index in [4.69, 9.17) is 0 Å². The van der Waals surface area contributed by atoms with E-state index in [0.29, 0.717) is 12.0 Å². The zero-order valence-electron chi connectivity index (χ0n) is 6.68. The van der Waals surface area contributed by atoms with Crippen molar-refractivity contribution in [3.63, 3.8) is 0 Å². The highest BCUT2D eigenvalue weighted by Gasteiger charge is 2.36. The molecule has 1 fully saturated rings. The van der Waals surface area contributed by atoms with Gasteiger partial charge in [-0.1, -0.05) is 6.07 Å². The number of hydrogen-bond acceptors (Lipinski definition) is 1. The summed E-state index contributed by atoms with van der Waals surface area (Å²) >= 11 is 0. The molecule has 1 aromatic carbocycles. The molecule has 1 heterocycles. The fourth-order valence-corrected chi connectivity index (χ4v) is 2.43. The first kappa shape index (κ1) is 6.61. The van der Waals surface area contributed by atoms with E-state index in [0.717, 1.165) is 6.54 Å². The first-order valence-corrected chi connectivity index (χ1v) is 4.37. The summed E-state index contributed by atoms with van der Waals surface area (Å²) in [5, 5.41) is 3.41. The second-order valence-electron chi connectivity index (χ2n) is 3.67. The molecule has 0 spiro atoms. The molecule has 2 atom stereocenters. The molecule has 1 saturated heterocycles. The Morgan fingerprint density at radius 2 is 2.25 bits per heavy atom. The van der Waals surface area contributed by atoms with E-state index >= 15 is 0 Å². The van der Waals surface area contributed by atoms with E-state index in [1.807, 2.05) is 6.07 Å². The molecule has 2 unspecified atom stereocenters. The van der Waals surface area contributed by atoms with Crippen LogP contribution in [-0.2, 0) is 0 Å². The van der Waals surface area contributed by atoms with Gasteiger partial charge in [0.1, 0.15) is 5.82 Å². The molecule has 1 aliphatic carbocycles. The first-order chi connectivity index (χ1) is 5.84. The molecule has 0 saturated carbocycles. The van der Waals surface area contributed by atoms with Crippen molar-refractivity contribution in [2.45, 2.75) is 18.4 Å². The molecule has 3 rings (SSSR count). The normalized spacial score (nSPS) is 30.8.